The summed E-state index contributed by atoms with van der Waals surface area (Å²) < 4.78 is 0. The van der Waals surface area contributed by atoms with Crippen LogP contribution in [-0.4, -0.2) is 16.8 Å². The van der Waals surface area contributed by atoms with Crippen LogP contribution in [0.15, 0.2) is 10.8 Å². The standard InChI is InChI=1S/C6H6O2S/c7-3-6(8)4-1-9-2-5(4)6/h1-2,7-8H,3H2. The SMILES string of the molecule is OCC1(O)c2cscc21. The molecule has 0 fully saturated rings. The van der Waals surface area contributed by atoms with E-state index in [1.165, 1.54) is 0 Å². The summed E-state index contributed by atoms with van der Waals surface area (Å²) in [4.78, 5) is 0. The molecule has 0 unspecified atom stereocenters. The largest absolute Gasteiger partial charge is 0.393 e. The van der Waals surface area contributed by atoms with Crippen LogP contribution in [-0.2, 0) is 5.60 Å². The van der Waals surface area contributed by atoms with Gasteiger partial charge in [-0.15, -0.1) is 0 Å². The summed E-state index contributed by atoms with van der Waals surface area (Å²) in [6.07, 6.45) is 0. The highest BCUT2D eigenvalue weighted by molar-refractivity contribution is 7.08. The van der Waals surface area contributed by atoms with Crippen LogP contribution in [0, 0.1) is 0 Å². The molecule has 2 N–H and O–H groups in total. The highest BCUT2D eigenvalue weighted by Gasteiger charge is 2.49. The molecular weight excluding hydrogens is 136 g/mol. The lowest BCUT2D eigenvalue weighted by Gasteiger charge is -2.01. The van der Waals surface area contributed by atoms with Crippen LogP contribution in [0.2, 0.25) is 0 Å². The Labute approximate surface area is 56.4 Å². The Morgan fingerprint density at radius 3 is 2.33 bits per heavy atom. The number of hydrogen-bond donors (Lipinski definition) is 2. The second-order valence-corrected chi connectivity index (χ2v) is 2.96. The van der Waals surface area contributed by atoms with Gasteiger partial charge in [0.2, 0.25) is 0 Å². The Bertz CT molecular complexity index is 222. The second-order valence-electron chi connectivity index (χ2n) is 2.22. The van der Waals surface area contributed by atoms with E-state index in [9.17, 15) is 5.11 Å². The van der Waals surface area contributed by atoms with Crippen molar-refractivity contribution < 1.29 is 10.2 Å². The lowest BCUT2D eigenvalue weighted by molar-refractivity contribution is 0.0582. The number of rotatable bonds is 1. The van der Waals surface area contributed by atoms with Gasteiger partial charge in [-0.3, -0.25) is 0 Å². The highest BCUT2D eigenvalue weighted by Crippen LogP contribution is 2.49. The Hall–Kier alpha value is -0.380. The lowest BCUT2D eigenvalue weighted by atomic mass is 10.3. The summed E-state index contributed by atoms with van der Waals surface area (Å²) in [5.74, 6) is 0. The molecule has 0 atom stereocenters. The summed E-state index contributed by atoms with van der Waals surface area (Å²) in [5.41, 5.74) is 0.857. The average molecular weight is 142 g/mol. The Morgan fingerprint density at radius 1 is 1.44 bits per heavy atom. The molecule has 1 aliphatic rings. The van der Waals surface area contributed by atoms with E-state index in [1.54, 1.807) is 11.3 Å². The van der Waals surface area contributed by atoms with E-state index in [0.717, 1.165) is 11.1 Å². The van der Waals surface area contributed by atoms with Gasteiger partial charge in [0, 0.05) is 11.1 Å². The van der Waals surface area contributed by atoms with E-state index in [0.29, 0.717) is 0 Å². The van der Waals surface area contributed by atoms with Crippen molar-refractivity contribution >= 4 is 11.3 Å². The first kappa shape index (κ1) is 5.41. The normalized spacial score (nSPS) is 19.3. The zero-order valence-electron chi connectivity index (χ0n) is 4.66. The van der Waals surface area contributed by atoms with Crippen molar-refractivity contribution in [3.8, 4) is 0 Å². The molecule has 2 nitrogen and oxygen atoms in total. The van der Waals surface area contributed by atoms with Gasteiger partial charge in [0.15, 0.2) is 0 Å². The number of hydrogen-bond acceptors (Lipinski definition) is 3. The zero-order chi connectivity index (χ0) is 6.48. The van der Waals surface area contributed by atoms with Crippen LogP contribution in [0.5, 0.6) is 0 Å². The van der Waals surface area contributed by atoms with E-state index in [2.05, 4.69) is 0 Å². The van der Waals surface area contributed by atoms with Gasteiger partial charge < -0.3 is 10.2 Å². The van der Waals surface area contributed by atoms with E-state index < -0.39 is 5.60 Å². The fraction of sp³-hybridized carbons (Fsp3) is 0.333. The van der Waals surface area contributed by atoms with Gasteiger partial charge in [0.25, 0.3) is 0 Å². The van der Waals surface area contributed by atoms with Gasteiger partial charge >= 0.3 is 0 Å². The summed E-state index contributed by atoms with van der Waals surface area (Å²) in [5, 5.41) is 21.7. The second kappa shape index (κ2) is 1.37. The minimum absolute atomic E-state index is 0.175. The number of thiophene rings is 1. The molecular formula is C6H6O2S. The molecule has 0 bridgehead atoms. The molecule has 3 heteroatoms. The minimum atomic E-state index is -0.939. The zero-order valence-corrected chi connectivity index (χ0v) is 5.48. The van der Waals surface area contributed by atoms with Crippen LogP contribution in [0.1, 0.15) is 11.1 Å². The first-order valence-corrected chi connectivity index (χ1v) is 3.63. The van der Waals surface area contributed by atoms with E-state index in [1.807, 2.05) is 10.8 Å². The average Bonchev–Trinajstić information content (AvgIpc) is 2.39. The van der Waals surface area contributed by atoms with Gasteiger partial charge in [-0.1, -0.05) is 0 Å². The van der Waals surface area contributed by atoms with Crippen LogP contribution in [0.3, 0.4) is 0 Å². The molecule has 0 saturated carbocycles. The monoisotopic (exact) mass is 142 g/mol. The van der Waals surface area contributed by atoms with Gasteiger partial charge in [0.05, 0.1) is 6.61 Å². The maximum absolute atomic E-state index is 9.32. The van der Waals surface area contributed by atoms with Crippen molar-refractivity contribution in [2.24, 2.45) is 0 Å². The summed E-state index contributed by atoms with van der Waals surface area (Å²) in [7, 11) is 0. The quantitative estimate of drug-likeness (QED) is 0.591. The van der Waals surface area contributed by atoms with Gasteiger partial charge in [-0.25, -0.2) is 0 Å². The fourth-order valence-electron chi connectivity index (χ4n) is 1.01. The van der Waals surface area contributed by atoms with Crippen molar-refractivity contribution in [1.82, 2.24) is 0 Å². The van der Waals surface area contributed by atoms with Gasteiger partial charge in [0.1, 0.15) is 5.60 Å². The van der Waals surface area contributed by atoms with Gasteiger partial charge in [-0.05, 0) is 10.8 Å². The first-order valence-electron chi connectivity index (χ1n) is 2.69. The predicted molar refractivity (Wildman–Crippen MR) is 34.4 cm³/mol. The lowest BCUT2D eigenvalue weighted by Crippen LogP contribution is -2.12. The number of fused-ring (bicyclic) bond motifs is 1. The Morgan fingerprint density at radius 2 is 2.00 bits per heavy atom. The molecule has 0 amide bonds. The molecule has 0 radical (unpaired) electrons. The molecule has 48 valence electrons. The highest BCUT2D eigenvalue weighted by atomic mass is 32.1. The minimum Gasteiger partial charge on any atom is -0.393 e. The van der Waals surface area contributed by atoms with E-state index in [-0.39, 0.29) is 6.61 Å². The topological polar surface area (TPSA) is 40.5 Å². The van der Waals surface area contributed by atoms with Crippen molar-refractivity contribution in [3.05, 3.63) is 21.9 Å². The molecule has 0 spiro atoms. The van der Waals surface area contributed by atoms with Gasteiger partial charge in [-0.2, -0.15) is 11.3 Å². The fourth-order valence-corrected chi connectivity index (χ4v) is 2.00. The molecule has 0 aliphatic heterocycles. The number of aliphatic hydroxyl groups is 2. The van der Waals surface area contributed by atoms with Crippen molar-refractivity contribution in [2.45, 2.75) is 5.60 Å². The Kier molecular flexibility index (Phi) is 0.822. The summed E-state index contributed by atoms with van der Waals surface area (Å²) in [6.45, 7) is -0.175. The van der Waals surface area contributed by atoms with Crippen LogP contribution in [0.4, 0.5) is 0 Å². The summed E-state index contributed by atoms with van der Waals surface area (Å²) >= 11 is 1.55. The molecule has 1 aromatic rings. The van der Waals surface area contributed by atoms with E-state index >= 15 is 0 Å². The summed E-state index contributed by atoms with van der Waals surface area (Å²) in [6, 6.07) is 0. The van der Waals surface area contributed by atoms with Crippen molar-refractivity contribution in [2.75, 3.05) is 6.61 Å². The molecule has 1 heterocycles. The smallest absolute Gasteiger partial charge is 0.140 e. The van der Waals surface area contributed by atoms with Crippen LogP contribution in [0.25, 0.3) is 0 Å². The van der Waals surface area contributed by atoms with Crippen molar-refractivity contribution in [1.29, 1.82) is 0 Å². The molecule has 0 saturated heterocycles. The molecule has 1 aliphatic carbocycles. The third kappa shape index (κ3) is 0.470. The molecule has 1 aromatic heterocycles. The van der Waals surface area contributed by atoms with Crippen molar-refractivity contribution in [3.63, 3.8) is 0 Å². The molecule has 0 aromatic carbocycles. The Balaban J connectivity index is 2.39. The maximum Gasteiger partial charge on any atom is 0.140 e. The van der Waals surface area contributed by atoms with Crippen LogP contribution >= 0.6 is 11.3 Å². The molecule has 2 rings (SSSR count). The first-order chi connectivity index (χ1) is 4.29. The van der Waals surface area contributed by atoms with E-state index in [4.69, 9.17) is 5.11 Å². The maximum atomic E-state index is 9.32. The molecule has 9 heavy (non-hydrogen) atoms. The predicted octanol–water partition coefficient (Wildman–Crippen LogP) is 0.290. The van der Waals surface area contributed by atoms with Crippen LogP contribution < -0.4 is 0 Å². The third-order valence-corrected chi connectivity index (χ3v) is 2.46. The third-order valence-electron chi connectivity index (χ3n) is 1.72. The number of aliphatic hydroxyl groups excluding tert-OH is 1.